The lowest BCUT2D eigenvalue weighted by molar-refractivity contribution is 0.509. The van der Waals surface area contributed by atoms with E-state index in [2.05, 4.69) is 51.9 Å². The highest BCUT2D eigenvalue weighted by molar-refractivity contribution is 5.16. The first-order chi connectivity index (χ1) is 8.78. The molecule has 0 aliphatic heterocycles. The highest BCUT2D eigenvalue weighted by atomic mass is 15.6. The molecule has 1 aromatic heterocycles. The molecule has 96 valence electrons. The van der Waals surface area contributed by atoms with Crippen LogP contribution in [0.25, 0.3) is 0 Å². The number of hydrogen-bond acceptors (Lipinski definition) is 4. The van der Waals surface area contributed by atoms with Crippen LogP contribution in [0.2, 0.25) is 0 Å². The largest absolute Gasteiger partial charge is 0.313 e. The molecule has 5 heteroatoms. The molecule has 0 bridgehead atoms. The summed E-state index contributed by atoms with van der Waals surface area (Å²) in [5.74, 6) is 0.791. The maximum absolute atomic E-state index is 4.23. The number of aryl methyl sites for hydroxylation is 1. The fraction of sp³-hybridized carbons (Fsp3) is 0.462. The predicted octanol–water partition coefficient (Wildman–Crippen LogP) is 0.973. The monoisotopic (exact) mass is 245 g/mol. The third kappa shape index (κ3) is 3.63. The van der Waals surface area contributed by atoms with Gasteiger partial charge in [0.05, 0.1) is 7.05 Å². The van der Waals surface area contributed by atoms with Gasteiger partial charge in [0.25, 0.3) is 0 Å². The molecule has 5 nitrogen and oxygen atoms in total. The van der Waals surface area contributed by atoms with Gasteiger partial charge in [-0.25, -0.2) is 0 Å². The van der Waals surface area contributed by atoms with Gasteiger partial charge in [0.1, 0.15) is 0 Å². The first kappa shape index (κ1) is 12.7. The molecular formula is C13H19N5. The molecule has 0 spiro atoms. The summed E-state index contributed by atoms with van der Waals surface area (Å²) in [5.41, 5.74) is 1.33. The second-order valence-electron chi connectivity index (χ2n) is 4.34. The molecule has 2 aromatic rings. The van der Waals surface area contributed by atoms with E-state index in [1.165, 1.54) is 10.4 Å². The highest BCUT2D eigenvalue weighted by Crippen LogP contribution is 2.06. The van der Waals surface area contributed by atoms with Crippen molar-refractivity contribution in [3.05, 3.63) is 41.7 Å². The molecule has 1 heterocycles. The van der Waals surface area contributed by atoms with Crippen LogP contribution in [-0.2, 0) is 19.9 Å². The molecule has 18 heavy (non-hydrogen) atoms. The van der Waals surface area contributed by atoms with Crippen LogP contribution in [0.3, 0.4) is 0 Å². The first-order valence-corrected chi connectivity index (χ1v) is 6.28. The minimum atomic E-state index is 0.349. The Labute approximate surface area is 107 Å². The third-order valence-corrected chi connectivity index (χ3v) is 2.80. The van der Waals surface area contributed by atoms with Crippen molar-refractivity contribution in [2.45, 2.75) is 25.8 Å². The predicted molar refractivity (Wildman–Crippen MR) is 70.1 cm³/mol. The van der Waals surface area contributed by atoms with Crippen molar-refractivity contribution in [3.8, 4) is 0 Å². The lowest BCUT2D eigenvalue weighted by Crippen LogP contribution is -2.33. The molecule has 0 aliphatic rings. The van der Waals surface area contributed by atoms with E-state index in [0.29, 0.717) is 6.04 Å². The normalized spacial score (nSPS) is 12.6. The van der Waals surface area contributed by atoms with Crippen LogP contribution < -0.4 is 5.32 Å². The van der Waals surface area contributed by atoms with Gasteiger partial charge in [0.15, 0.2) is 5.82 Å². The van der Waals surface area contributed by atoms with E-state index in [1.54, 1.807) is 7.05 Å². The van der Waals surface area contributed by atoms with Gasteiger partial charge in [0, 0.05) is 12.5 Å². The van der Waals surface area contributed by atoms with Crippen molar-refractivity contribution in [2.75, 3.05) is 6.54 Å². The van der Waals surface area contributed by atoms with E-state index in [-0.39, 0.29) is 0 Å². The van der Waals surface area contributed by atoms with Crippen LogP contribution >= 0.6 is 0 Å². The Balaban J connectivity index is 1.99. The van der Waals surface area contributed by atoms with E-state index in [9.17, 15) is 0 Å². The lowest BCUT2D eigenvalue weighted by atomic mass is 10.0. The Morgan fingerprint density at radius 1 is 1.22 bits per heavy atom. The van der Waals surface area contributed by atoms with Gasteiger partial charge in [-0.15, -0.1) is 10.2 Å². The first-order valence-electron chi connectivity index (χ1n) is 6.28. The Morgan fingerprint density at radius 2 is 2.00 bits per heavy atom. The second-order valence-corrected chi connectivity index (χ2v) is 4.34. The highest BCUT2D eigenvalue weighted by Gasteiger charge is 2.12. The van der Waals surface area contributed by atoms with E-state index in [1.807, 2.05) is 6.07 Å². The molecule has 1 unspecified atom stereocenters. The van der Waals surface area contributed by atoms with Crippen molar-refractivity contribution < 1.29 is 0 Å². The van der Waals surface area contributed by atoms with Crippen molar-refractivity contribution in [3.63, 3.8) is 0 Å². The fourth-order valence-corrected chi connectivity index (χ4v) is 2.03. The molecule has 0 amide bonds. The summed E-state index contributed by atoms with van der Waals surface area (Å²) in [6.07, 6.45) is 1.78. The quantitative estimate of drug-likeness (QED) is 0.824. The smallest absolute Gasteiger partial charge is 0.176 e. The van der Waals surface area contributed by atoms with Crippen LogP contribution in [0.5, 0.6) is 0 Å². The summed E-state index contributed by atoms with van der Waals surface area (Å²) in [4.78, 5) is 1.50. The van der Waals surface area contributed by atoms with Gasteiger partial charge >= 0.3 is 0 Å². The van der Waals surface area contributed by atoms with Gasteiger partial charge in [-0.2, -0.15) is 4.80 Å². The maximum atomic E-state index is 4.23. The van der Waals surface area contributed by atoms with Crippen molar-refractivity contribution >= 4 is 0 Å². The number of nitrogens with one attached hydrogen (secondary N) is 1. The lowest BCUT2D eigenvalue weighted by Gasteiger charge is -2.16. The summed E-state index contributed by atoms with van der Waals surface area (Å²) in [6.45, 7) is 3.06. The van der Waals surface area contributed by atoms with Gasteiger partial charge < -0.3 is 5.32 Å². The van der Waals surface area contributed by atoms with Gasteiger partial charge in [-0.05, 0) is 23.7 Å². The van der Waals surface area contributed by atoms with Crippen LogP contribution in [0.4, 0.5) is 0 Å². The average Bonchev–Trinajstić information content (AvgIpc) is 2.76. The molecule has 0 saturated carbocycles. The zero-order valence-corrected chi connectivity index (χ0v) is 10.9. The number of rotatable bonds is 6. The van der Waals surface area contributed by atoms with Crippen molar-refractivity contribution in [1.29, 1.82) is 0 Å². The average molecular weight is 245 g/mol. The van der Waals surface area contributed by atoms with E-state index in [4.69, 9.17) is 0 Å². The molecule has 1 N–H and O–H groups in total. The molecule has 0 fully saturated rings. The van der Waals surface area contributed by atoms with E-state index in [0.717, 1.165) is 25.2 Å². The Morgan fingerprint density at radius 3 is 2.61 bits per heavy atom. The summed E-state index contributed by atoms with van der Waals surface area (Å²) in [7, 11) is 1.79. The van der Waals surface area contributed by atoms with Gasteiger partial charge in [-0.3, -0.25) is 0 Å². The van der Waals surface area contributed by atoms with Gasteiger partial charge in [-0.1, -0.05) is 37.3 Å². The van der Waals surface area contributed by atoms with Crippen molar-refractivity contribution in [1.82, 2.24) is 25.5 Å². The number of tetrazole rings is 1. The van der Waals surface area contributed by atoms with Crippen LogP contribution in [0.15, 0.2) is 30.3 Å². The second kappa shape index (κ2) is 6.26. The Bertz CT molecular complexity index is 465. The molecular weight excluding hydrogens is 226 g/mol. The van der Waals surface area contributed by atoms with Crippen LogP contribution in [0.1, 0.15) is 18.3 Å². The maximum Gasteiger partial charge on any atom is 0.176 e. The minimum absolute atomic E-state index is 0.349. The number of likely N-dealkylation sites (N-methyl/N-ethyl adjacent to an activating group) is 1. The number of benzene rings is 1. The SMILES string of the molecule is CCNC(Cc1ccccc1)Cc1nnn(C)n1. The molecule has 2 rings (SSSR count). The Hall–Kier alpha value is -1.75. The standard InChI is InChI=1S/C13H19N5/c1-3-14-12(9-11-7-5-4-6-8-11)10-13-15-17-18(2)16-13/h4-8,12,14H,3,9-10H2,1-2H3. The summed E-state index contributed by atoms with van der Waals surface area (Å²) in [5, 5.41) is 15.6. The summed E-state index contributed by atoms with van der Waals surface area (Å²) >= 11 is 0. The van der Waals surface area contributed by atoms with Crippen LogP contribution in [0, 0.1) is 0 Å². The zero-order chi connectivity index (χ0) is 12.8. The topological polar surface area (TPSA) is 55.6 Å². The molecule has 0 aliphatic carbocycles. The third-order valence-electron chi connectivity index (χ3n) is 2.80. The van der Waals surface area contributed by atoms with E-state index < -0.39 is 0 Å². The van der Waals surface area contributed by atoms with E-state index >= 15 is 0 Å². The summed E-state index contributed by atoms with van der Waals surface area (Å²) in [6, 6.07) is 10.8. The molecule has 0 radical (unpaired) electrons. The van der Waals surface area contributed by atoms with Crippen molar-refractivity contribution in [2.24, 2.45) is 7.05 Å². The zero-order valence-electron chi connectivity index (χ0n) is 10.9. The number of aromatic nitrogens is 4. The number of nitrogens with zero attached hydrogens (tertiary/aromatic N) is 4. The summed E-state index contributed by atoms with van der Waals surface area (Å²) < 4.78 is 0. The van der Waals surface area contributed by atoms with Gasteiger partial charge in [0.2, 0.25) is 0 Å². The minimum Gasteiger partial charge on any atom is -0.313 e. The van der Waals surface area contributed by atoms with Crippen LogP contribution in [-0.4, -0.2) is 32.8 Å². The molecule has 1 atom stereocenters. The molecule has 0 saturated heterocycles. The number of hydrogen-bond donors (Lipinski definition) is 1. The fourth-order valence-electron chi connectivity index (χ4n) is 2.03. The molecule has 1 aromatic carbocycles. The Kier molecular flexibility index (Phi) is 4.41.